The van der Waals surface area contributed by atoms with Gasteiger partial charge in [-0.05, 0) is 38.2 Å². The van der Waals surface area contributed by atoms with E-state index in [0.717, 1.165) is 50.2 Å². The first-order valence-corrected chi connectivity index (χ1v) is 7.84. The maximum Gasteiger partial charge on any atom is 0.251 e. The molecule has 6 nitrogen and oxygen atoms in total. The summed E-state index contributed by atoms with van der Waals surface area (Å²) in [5, 5.41) is 2.99. The summed E-state index contributed by atoms with van der Waals surface area (Å²) < 4.78 is 0. The van der Waals surface area contributed by atoms with E-state index in [-0.39, 0.29) is 5.91 Å². The minimum atomic E-state index is -0.0186. The molecule has 6 heteroatoms. The summed E-state index contributed by atoms with van der Waals surface area (Å²) in [5.41, 5.74) is 2.45. The Bertz CT molecular complexity index is 630. The van der Waals surface area contributed by atoms with Crippen LogP contribution in [0, 0.1) is 0 Å². The molecule has 0 atom stereocenters. The number of hydrogen-bond acceptors (Lipinski definition) is 4. The summed E-state index contributed by atoms with van der Waals surface area (Å²) in [7, 11) is 2.16. The van der Waals surface area contributed by atoms with Crippen LogP contribution in [0.15, 0.2) is 24.5 Å². The van der Waals surface area contributed by atoms with Crippen molar-refractivity contribution in [2.75, 3.05) is 46.3 Å². The Labute approximate surface area is 130 Å². The molecule has 2 heterocycles. The lowest BCUT2D eigenvalue weighted by atomic mass is 10.2. The number of carbonyl (C=O) groups is 1. The Hall–Kier alpha value is -1.92. The number of piperazine rings is 1. The van der Waals surface area contributed by atoms with Crippen molar-refractivity contribution in [2.24, 2.45) is 0 Å². The van der Waals surface area contributed by atoms with E-state index < -0.39 is 0 Å². The van der Waals surface area contributed by atoms with Crippen molar-refractivity contribution in [3.63, 3.8) is 0 Å². The van der Waals surface area contributed by atoms with Crippen molar-refractivity contribution in [3.8, 4) is 0 Å². The van der Waals surface area contributed by atoms with Crippen molar-refractivity contribution in [3.05, 3.63) is 30.1 Å². The predicted octanol–water partition coefficient (Wildman–Crippen LogP) is 0.930. The number of hydrogen-bond donors (Lipinski definition) is 2. The van der Waals surface area contributed by atoms with E-state index in [4.69, 9.17) is 0 Å². The average molecular weight is 301 g/mol. The number of fused-ring (bicyclic) bond motifs is 1. The standard InChI is InChI=1S/C16H23N5O/c1-20-7-9-21(10-8-20)6-2-5-17-16(22)13-3-4-14-15(11-13)19-12-18-14/h3-4,11-12H,2,5-10H2,1H3,(H,17,22)(H,18,19). The van der Waals surface area contributed by atoms with E-state index in [1.54, 1.807) is 6.33 Å². The van der Waals surface area contributed by atoms with Crippen LogP contribution in [-0.2, 0) is 0 Å². The molecule has 1 amide bonds. The highest BCUT2D eigenvalue weighted by atomic mass is 16.1. The molecular weight excluding hydrogens is 278 g/mol. The summed E-state index contributed by atoms with van der Waals surface area (Å²) in [6, 6.07) is 5.53. The van der Waals surface area contributed by atoms with E-state index >= 15 is 0 Å². The molecule has 0 unspecified atom stereocenters. The van der Waals surface area contributed by atoms with E-state index in [0.29, 0.717) is 12.1 Å². The smallest absolute Gasteiger partial charge is 0.251 e. The monoisotopic (exact) mass is 301 g/mol. The molecule has 1 aromatic carbocycles. The lowest BCUT2D eigenvalue weighted by Gasteiger charge is -2.32. The fraction of sp³-hybridized carbons (Fsp3) is 0.500. The zero-order valence-electron chi connectivity index (χ0n) is 13.0. The van der Waals surface area contributed by atoms with Crippen molar-refractivity contribution in [2.45, 2.75) is 6.42 Å². The number of rotatable bonds is 5. The zero-order valence-corrected chi connectivity index (χ0v) is 13.0. The van der Waals surface area contributed by atoms with Crippen molar-refractivity contribution >= 4 is 16.9 Å². The van der Waals surface area contributed by atoms with Gasteiger partial charge in [-0.3, -0.25) is 4.79 Å². The summed E-state index contributed by atoms with van der Waals surface area (Å²) in [6.07, 6.45) is 2.63. The normalized spacial score (nSPS) is 17.0. The molecular formula is C16H23N5O. The Balaban J connectivity index is 1.42. The van der Waals surface area contributed by atoms with Crippen LogP contribution in [0.25, 0.3) is 11.0 Å². The number of likely N-dealkylation sites (N-methyl/N-ethyl adjacent to an activating group) is 1. The van der Waals surface area contributed by atoms with Crippen LogP contribution >= 0.6 is 0 Å². The molecule has 0 spiro atoms. The Kier molecular flexibility index (Phi) is 4.70. The van der Waals surface area contributed by atoms with Gasteiger partial charge in [0.05, 0.1) is 17.4 Å². The molecule has 1 aliphatic heterocycles. The average Bonchev–Trinajstić information content (AvgIpc) is 3.00. The molecule has 0 aliphatic carbocycles. The summed E-state index contributed by atoms with van der Waals surface area (Å²) >= 11 is 0. The van der Waals surface area contributed by atoms with Gasteiger partial charge in [0, 0.05) is 38.3 Å². The van der Waals surface area contributed by atoms with Crippen LogP contribution in [-0.4, -0.2) is 72.0 Å². The summed E-state index contributed by atoms with van der Waals surface area (Å²) in [5.74, 6) is -0.0186. The number of nitrogens with one attached hydrogen (secondary N) is 2. The number of carbonyl (C=O) groups excluding carboxylic acids is 1. The van der Waals surface area contributed by atoms with Crippen LogP contribution in [0.1, 0.15) is 16.8 Å². The van der Waals surface area contributed by atoms with Gasteiger partial charge in [-0.2, -0.15) is 0 Å². The van der Waals surface area contributed by atoms with Gasteiger partial charge in [0.2, 0.25) is 0 Å². The number of benzene rings is 1. The molecule has 118 valence electrons. The van der Waals surface area contributed by atoms with Crippen molar-refractivity contribution in [1.29, 1.82) is 0 Å². The molecule has 1 fully saturated rings. The lowest BCUT2D eigenvalue weighted by molar-refractivity contribution is 0.0949. The van der Waals surface area contributed by atoms with Gasteiger partial charge in [-0.1, -0.05) is 0 Å². The van der Waals surface area contributed by atoms with Gasteiger partial charge in [0.25, 0.3) is 5.91 Å². The molecule has 1 aromatic heterocycles. The third kappa shape index (κ3) is 3.64. The highest BCUT2D eigenvalue weighted by Crippen LogP contribution is 2.11. The number of imidazole rings is 1. The first-order chi connectivity index (χ1) is 10.7. The second kappa shape index (κ2) is 6.89. The SMILES string of the molecule is CN1CCN(CCCNC(=O)c2ccc3nc[nH]c3c2)CC1. The van der Waals surface area contributed by atoms with Gasteiger partial charge in [-0.25, -0.2) is 4.98 Å². The first kappa shape index (κ1) is 15.0. The van der Waals surface area contributed by atoms with E-state index in [1.807, 2.05) is 18.2 Å². The van der Waals surface area contributed by atoms with Crippen molar-refractivity contribution < 1.29 is 4.79 Å². The maximum absolute atomic E-state index is 12.1. The Morgan fingerprint density at radius 1 is 1.32 bits per heavy atom. The molecule has 0 radical (unpaired) electrons. The van der Waals surface area contributed by atoms with Crippen LogP contribution < -0.4 is 5.32 Å². The highest BCUT2D eigenvalue weighted by molar-refractivity contribution is 5.97. The van der Waals surface area contributed by atoms with Gasteiger partial charge >= 0.3 is 0 Å². The number of H-pyrrole nitrogens is 1. The van der Waals surface area contributed by atoms with Crippen molar-refractivity contribution in [1.82, 2.24) is 25.1 Å². The Morgan fingerprint density at radius 2 is 2.14 bits per heavy atom. The molecule has 0 saturated carbocycles. The lowest BCUT2D eigenvalue weighted by Crippen LogP contribution is -2.45. The van der Waals surface area contributed by atoms with Gasteiger partial charge < -0.3 is 20.1 Å². The van der Waals surface area contributed by atoms with Crippen LogP contribution in [0.5, 0.6) is 0 Å². The van der Waals surface area contributed by atoms with Gasteiger partial charge in [0.1, 0.15) is 0 Å². The molecule has 1 aliphatic rings. The topological polar surface area (TPSA) is 64.3 Å². The third-order valence-corrected chi connectivity index (χ3v) is 4.22. The van der Waals surface area contributed by atoms with Crippen LogP contribution in [0.3, 0.4) is 0 Å². The zero-order chi connectivity index (χ0) is 15.4. The number of amides is 1. The van der Waals surface area contributed by atoms with Crippen LogP contribution in [0.2, 0.25) is 0 Å². The molecule has 1 saturated heterocycles. The van der Waals surface area contributed by atoms with Gasteiger partial charge in [0.15, 0.2) is 0 Å². The van der Waals surface area contributed by atoms with E-state index in [2.05, 4.69) is 32.1 Å². The molecule has 2 N–H and O–H groups in total. The second-order valence-electron chi connectivity index (χ2n) is 5.89. The largest absolute Gasteiger partial charge is 0.352 e. The number of aromatic nitrogens is 2. The quantitative estimate of drug-likeness (QED) is 0.807. The third-order valence-electron chi connectivity index (χ3n) is 4.22. The predicted molar refractivity (Wildman–Crippen MR) is 87.0 cm³/mol. The summed E-state index contributed by atoms with van der Waals surface area (Å²) in [4.78, 5) is 24.1. The number of aromatic amines is 1. The molecule has 22 heavy (non-hydrogen) atoms. The Morgan fingerprint density at radius 3 is 2.95 bits per heavy atom. The van der Waals surface area contributed by atoms with E-state index in [1.165, 1.54) is 0 Å². The summed E-state index contributed by atoms with van der Waals surface area (Å²) in [6.45, 7) is 6.29. The number of nitrogens with zero attached hydrogens (tertiary/aromatic N) is 3. The minimum absolute atomic E-state index is 0.0186. The molecule has 2 aromatic rings. The van der Waals surface area contributed by atoms with E-state index in [9.17, 15) is 4.79 Å². The fourth-order valence-corrected chi connectivity index (χ4v) is 2.75. The minimum Gasteiger partial charge on any atom is -0.352 e. The second-order valence-corrected chi connectivity index (χ2v) is 5.89. The highest BCUT2D eigenvalue weighted by Gasteiger charge is 2.13. The van der Waals surface area contributed by atoms with Crippen LogP contribution in [0.4, 0.5) is 0 Å². The molecule has 3 rings (SSSR count). The maximum atomic E-state index is 12.1. The van der Waals surface area contributed by atoms with Gasteiger partial charge in [-0.15, -0.1) is 0 Å². The fourth-order valence-electron chi connectivity index (χ4n) is 2.75. The molecule has 0 bridgehead atoms. The first-order valence-electron chi connectivity index (χ1n) is 7.84.